The SMILES string of the molecule is O=C(COc1ccc(Cl)cc1Br)Nc1ccc(F)c(F)c1F. The van der Waals surface area contributed by atoms with E-state index >= 15 is 0 Å². The van der Waals surface area contributed by atoms with Crippen LogP contribution < -0.4 is 10.1 Å². The number of rotatable bonds is 4. The molecular weight excluding hydrogens is 387 g/mol. The van der Waals surface area contributed by atoms with E-state index in [1.807, 2.05) is 0 Å². The van der Waals surface area contributed by atoms with Gasteiger partial charge in [0.25, 0.3) is 5.91 Å². The van der Waals surface area contributed by atoms with Gasteiger partial charge in [0.05, 0.1) is 10.2 Å². The molecule has 0 saturated heterocycles. The summed E-state index contributed by atoms with van der Waals surface area (Å²) in [5.74, 6) is -4.84. The van der Waals surface area contributed by atoms with E-state index in [-0.39, 0.29) is 0 Å². The molecule has 0 aliphatic rings. The highest BCUT2D eigenvalue weighted by atomic mass is 79.9. The van der Waals surface area contributed by atoms with Gasteiger partial charge in [-0.1, -0.05) is 11.6 Å². The maximum Gasteiger partial charge on any atom is 0.262 e. The third kappa shape index (κ3) is 3.92. The number of benzene rings is 2. The molecule has 0 fully saturated rings. The lowest BCUT2D eigenvalue weighted by Gasteiger charge is -2.10. The van der Waals surface area contributed by atoms with Crippen LogP contribution in [0.4, 0.5) is 18.9 Å². The summed E-state index contributed by atoms with van der Waals surface area (Å²) in [7, 11) is 0. The van der Waals surface area contributed by atoms with Crippen LogP contribution >= 0.6 is 27.5 Å². The van der Waals surface area contributed by atoms with Crippen LogP contribution in [0, 0.1) is 17.5 Å². The molecule has 0 bridgehead atoms. The molecule has 1 amide bonds. The highest BCUT2D eigenvalue weighted by Gasteiger charge is 2.15. The van der Waals surface area contributed by atoms with Crippen molar-refractivity contribution < 1.29 is 22.7 Å². The molecule has 1 N–H and O–H groups in total. The van der Waals surface area contributed by atoms with Gasteiger partial charge in [-0.15, -0.1) is 0 Å². The number of nitrogens with one attached hydrogen (secondary N) is 1. The monoisotopic (exact) mass is 393 g/mol. The minimum Gasteiger partial charge on any atom is -0.483 e. The van der Waals surface area contributed by atoms with Crippen molar-refractivity contribution in [2.24, 2.45) is 0 Å². The number of halogens is 5. The second-order valence-electron chi connectivity index (χ2n) is 4.13. The van der Waals surface area contributed by atoms with Crippen molar-refractivity contribution >= 4 is 39.1 Å². The van der Waals surface area contributed by atoms with E-state index in [1.165, 1.54) is 6.07 Å². The van der Waals surface area contributed by atoms with Gasteiger partial charge in [0.2, 0.25) is 0 Å². The van der Waals surface area contributed by atoms with Crippen molar-refractivity contribution in [3.8, 4) is 5.75 Å². The topological polar surface area (TPSA) is 38.3 Å². The third-order valence-corrected chi connectivity index (χ3v) is 3.42. The summed E-state index contributed by atoms with van der Waals surface area (Å²) in [4.78, 5) is 11.7. The molecule has 0 aromatic heterocycles. The molecule has 0 aliphatic heterocycles. The predicted octanol–water partition coefficient (Wildman–Crippen LogP) is 4.54. The molecule has 0 aliphatic carbocycles. The first-order valence-electron chi connectivity index (χ1n) is 5.89. The molecule has 0 unspecified atom stereocenters. The van der Waals surface area contributed by atoms with Crippen molar-refractivity contribution in [3.63, 3.8) is 0 Å². The van der Waals surface area contributed by atoms with E-state index in [2.05, 4.69) is 21.2 Å². The van der Waals surface area contributed by atoms with Gasteiger partial charge in [0.1, 0.15) is 5.75 Å². The normalized spacial score (nSPS) is 10.4. The van der Waals surface area contributed by atoms with Gasteiger partial charge >= 0.3 is 0 Å². The minimum absolute atomic E-state index is 0.352. The molecule has 3 nitrogen and oxygen atoms in total. The van der Waals surface area contributed by atoms with Crippen molar-refractivity contribution in [2.75, 3.05) is 11.9 Å². The maximum atomic E-state index is 13.4. The first kappa shape index (κ1) is 16.6. The largest absolute Gasteiger partial charge is 0.483 e. The van der Waals surface area contributed by atoms with Gasteiger partial charge in [-0.25, -0.2) is 13.2 Å². The molecule has 22 heavy (non-hydrogen) atoms. The zero-order chi connectivity index (χ0) is 16.3. The predicted molar refractivity (Wildman–Crippen MR) is 79.6 cm³/mol. The van der Waals surface area contributed by atoms with Gasteiger partial charge < -0.3 is 10.1 Å². The smallest absolute Gasteiger partial charge is 0.262 e. The minimum atomic E-state index is -1.65. The van der Waals surface area contributed by atoms with Gasteiger partial charge in [0, 0.05) is 5.02 Å². The summed E-state index contributed by atoms with van der Waals surface area (Å²) in [5, 5.41) is 2.57. The standard InChI is InChI=1S/C14H8BrClF3NO2/c15-8-5-7(16)1-4-11(8)22-6-12(21)20-10-3-2-9(17)13(18)14(10)19/h1-5H,6H2,(H,20,21). The van der Waals surface area contributed by atoms with Gasteiger partial charge in [-0.3, -0.25) is 4.79 Å². The molecule has 0 saturated carbocycles. The Balaban J connectivity index is 2.00. The molecule has 8 heteroatoms. The second kappa shape index (κ2) is 7.02. The van der Waals surface area contributed by atoms with Crippen molar-refractivity contribution in [3.05, 3.63) is 57.3 Å². The van der Waals surface area contributed by atoms with E-state index in [0.29, 0.717) is 21.3 Å². The van der Waals surface area contributed by atoms with Crippen LogP contribution in [0.5, 0.6) is 5.75 Å². The lowest BCUT2D eigenvalue weighted by Crippen LogP contribution is -2.21. The van der Waals surface area contributed by atoms with Crippen molar-refractivity contribution in [2.45, 2.75) is 0 Å². The number of hydrogen-bond acceptors (Lipinski definition) is 2. The van der Waals surface area contributed by atoms with Crippen LogP contribution in [0.15, 0.2) is 34.8 Å². The third-order valence-electron chi connectivity index (χ3n) is 2.56. The number of anilines is 1. The summed E-state index contributed by atoms with van der Waals surface area (Å²) in [6.07, 6.45) is 0. The molecule has 0 spiro atoms. The highest BCUT2D eigenvalue weighted by molar-refractivity contribution is 9.10. The Kier molecular flexibility index (Phi) is 5.31. The number of carbonyl (C=O) groups excluding carboxylic acids is 1. The molecular formula is C14H8BrClF3NO2. The van der Waals surface area contributed by atoms with E-state index in [0.717, 1.165) is 6.07 Å². The quantitative estimate of drug-likeness (QED) is 0.774. The Bertz CT molecular complexity index is 727. The molecule has 116 valence electrons. The Morgan fingerprint density at radius 1 is 1.18 bits per heavy atom. The zero-order valence-corrected chi connectivity index (χ0v) is 13.1. The van der Waals surface area contributed by atoms with Crippen LogP contribution in [0.1, 0.15) is 0 Å². The van der Waals surface area contributed by atoms with Crippen molar-refractivity contribution in [1.82, 2.24) is 0 Å². The summed E-state index contributed by atoms with van der Waals surface area (Å²) < 4.78 is 45.0. The number of hydrogen-bond donors (Lipinski definition) is 1. The molecule has 0 radical (unpaired) electrons. The van der Waals surface area contributed by atoms with Gasteiger partial charge in [-0.2, -0.15) is 0 Å². The number of ether oxygens (including phenoxy) is 1. The maximum absolute atomic E-state index is 13.4. The highest BCUT2D eigenvalue weighted by Crippen LogP contribution is 2.28. The zero-order valence-electron chi connectivity index (χ0n) is 10.8. The molecule has 0 atom stereocenters. The number of amides is 1. The Hall–Kier alpha value is -1.73. The van der Waals surface area contributed by atoms with Crippen LogP contribution in [-0.2, 0) is 4.79 Å². The van der Waals surface area contributed by atoms with Crippen molar-refractivity contribution in [1.29, 1.82) is 0 Å². The van der Waals surface area contributed by atoms with Gasteiger partial charge in [0.15, 0.2) is 24.1 Å². The Labute approximate surface area is 137 Å². The van der Waals surface area contributed by atoms with Gasteiger partial charge in [-0.05, 0) is 46.3 Å². The lowest BCUT2D eigenvalue weighted by molar-refractivity contribution is -0.118. The van der Waals surface area contributed by atoms with E-state index in [9.17, 15) is 18.0 Å². The molecule has 0 heterocycles. The molecule has 2 aromatic carbocycles. The fraction of sp³-hybridized carbons (Fsp3) is 0.0714. The first-order valence-corrected chi connectivity index (χ1v) is 7.07. The second-order valence-corrected chi connectivity index (χ2v) is 5.43. The summed E-state index contributed by atoms with van der Waals surface area (Å²) in [6.45, 7) is -0.446. The Morgan fingerprint density at radius 3 is 2.59 bits per heavy atom. The van der Waals surface area contributed by atoms with E-state index in [1.54, 1.807) is 12.1 Å². The van der Waals surface area contributed by atoms with Crippen LogP contribution in [0.25, 0.3) is 0 Å². The van der Waals surface area contributed by atoms with Crippen LogP contribution in [0.2, 0.25) is 5.02 Å². The Morgan fingerprint density at radius 2 is 1.91 bits per heavy atom. The fourth-order valence-electron chi connectivity index (χ4n) is 1.54. The van der Waals surface area contributed by atoms with Crippen LogP contribution in [0.3, 0.4) is 0 Å². The first-order chi connectivity index (χ1) is 10.4. The van der Waals surface area contributed by atoms with E-state index in [4.69, 9.17) is 16.3 Å². The fourth-order valence-corrected chi connectivity index (χ4v) is 2.34. The van der Waals surface area contributed by atoms with Crippen LogP contribution in [-0.4, -0.2) is 12.5 Å². The summed E-state index contributed by atoms with van der Waals surface area (Å²) in [6, 6.07) is 6.31. The lowest BCUT2D eigenvalue weighted by atomic mass is 10.3. The average molecular weight is 395 g/mol. The molecule has 2 aromatic rings. The van der Waals surface area contributed by atoms with E-state index < -0.39 is 35.7 Å². The summed E-state index contributed by atoms with van der Waals surface area (Å²) >= 11 is 8.96. The number of carbonyl (C=O) groups is 1. The molecule has 2 rings (SSSR count). The summed E-state index contributed by atoms with van der Waals surface area (Å²) in [5.41, 5.74) is -0.470. The average Bonchev–Trinajstić information content (AvgIpc) is 2.47.